The van der Waals surface area contributed by atoms with E-state index < -0.39 is 0 Å². The van der Waals surface area contributed by atoms with Crippen molar-refractivity contribution in [2.45, 2.75) is 45.4 Å². The summed E-state index contributed by atoms with van der Waals surface area (Å²) in [6.45, 7) is 6.62. The first kappa shape index (κ1) is 7.03. The number of hydrogen-bond donors (Lipinski definition) is 2. The normalized spacial score (nSPS) is 45.0. The van der Waals surface area contributed by atoms with Crippen LogP contribution in [0.5, 0.6) is 0 Å². The summed E-state index contributed by atoms with van der Waals surface area (Å²) in [5.74, 6) is 0. The lowest BCUT2D eigenvalue weighted by molar-refractivity contribution is 0.277. The third kappa shape index (κ3) is 1.95. The first-order valence-electron chi connectivity index (χ1n) is 3.70. The molecule has 0 spiro atoms. The lowest BCUT2D eigenvalue weighted by atomic mass is 10.1. The zero-order valence-corrected chi connectivity index (χ0v) is 6.44. The highest BCUT2D eigenvalue weighted by molar-refractivity contribution is 4.79. The van der Waals surface area contributed by atoms with Crippen LogP contribution in [0.15, 0.2) is 0 Å². The van der Waals surface area contributed by atoms with Gasteiger partial charge in [0.05, 0.1) is 6.17 Å². The van der Waals surface area contributed by atoms with Crippen molar-refractivity contribution in [1.82, 2.24) is 10.6 Å². The molecule has 2 atom stereocenters. The van der Waals surface area contributed by atoms with Crippen molar-refractivity contribution in [2.24, 2.45) is 0 Å². The lowest BCUT2D eigenvalue weighted by Gasteiger charge is -2.32. The summed E-state index contributed by atoms with van der Waals surface area (Å²) in [6, 6.07) is 1.35. The van der Waals surface area contributed by atoms with E-state index in [0.717, 1.165) is 0 Å². The maximum absolute atomic E-state index is 3.40. The van der Waals surface area contributed by atoms with Crippen molar-refractivity contribution in [2.75, 3.05) is 0 Å². The van der Waals surface area contributed by atoms with Crippen LogP contribution in [0, 0.1) is 0 Å². The van der Waals surface area contributed by atoms with Gasteiger partial charge in [0.25, 0.3) is 0 Å². The van der Waals surface area contributed by atoms with Crippen LogP contribution < -0.4 is 10.6 Å². The second-order valence-corrected chi connectivity index (χ2v) is 3.09. The van der Waals surface area contributed by atoms with Gasteiger partial charge >= 0.3 is 0 Å². The zero-order valence-electron chi connectivity index (χ0n) is 6.44. The second-order valence-electron chi connectivity index (χ2n) is 3.09. The van der Waals surface area contributed by atoms with Gasteiger partial charge in [-0.25, -0.2) is 0 Å². The fourth-order valence-electron chi connectivity index (χ4n) is 1.57. The van der Waals surface area contributed by atoms with Gasteiger partial charge in [-0.2, -0.15) is 0 Å². The molecule has 1 aliphatic rings. The van der Waals surface area contributed by atoms with Crippen molar-refractivity contribution >= 4 is 0 Å². The minimum absolute atomic E-state index is 0.490. The molecule has 54 valence electrons. The summed E-state index contributed by atoms with van der Waals surface area (Å²) in [6.07, 6.45) is 1.73. The Hall–Kier alpha value is -0.0800. The van der Waals surface area contributed by atoms with E-state index in [1.165, 1.54) is 6.42 Å². The van der Waals surface area contributed by atoms with E-state index in [1.807, 2.05) is 0 Å². The first-order chi connectivity index (χ1) is 4.18. The van der Waals surface area contributed by atoms with Crippen LogP contribution >= 0.6 is 0 Å². The molecule has 0 amide bonds. The monoisotopic (exact) mass is 128 g/mol. The molecular weight excluding hydrogens is 112 g/mol. The zero-order chi connectivity index (χ0) is 6.85. The second kappa shape index (κ2) is 2.67. The van der Waals surface area contributed by atoms with Gasteiger partial charge in [0.15, 0.2) is 0 Å². The van der Waals surface area contributed by atoms with Gasteiger partial charge in [-0.05, 0) is 27.2 Å². The van der Waals surface area contributed by atoms with Gasteiger partial charge in [0, 0.05) is 12.1 Å². The molecule has 0 unspecified atom stereocenters. The molecule has 1 heterocycles. The number of rotatable bonds is 0. The molecule has 0 saturated carbocycles. The predicted octanol–water partition coefficient (Wildman–Crippen LogP) is 0.692. The topological polar surface area (TPSA) is 24.1 Å². The molecule has 0 radical (unpaired) electrons. The van der Waals surface area contributed by atoms with Crippen LogP contribution in [0.2, 0.25) is 0 Å². The SMILES string of the molecule is CC1N[C@H](C)C[C@@H](C)N1. The van der Waals surface area contributed by atoms with Crippen molar-refractivity contribution in [1.29, 1.82) is 0 Å². The van der Waals surface area contributed by atoms with E-state index >= 15 is 0 Å². The van der Waals surface area contributed by atoms with E-state index in [0.29, 0.717) is 18.2 Å². The van der Waals surface area contributed by atoms with Gasteiger partial charge in [0.2, 0.25) is 0 Å². The van der Waals surface area contributed by atoms with Crippen molar-refractivity contribution in [3.63, 3.8) is 0 Å². The average Bonchev–Trinajstić information content (AvgIpc) is 1.59. The van der Waals surface area contributed by atoms with Crippen LogP contribution in [0.1, 0.15) is 27.2 Å². The summed E-state index contributed by atoms with van der Waals surface area (Å²) < 4.78 is 0. The average molecular weight is 128 g/mol. The minimum atomic E-state index is 0.490. The minimum Gasteiger partial charge on any atom is -0.300 e. The van der Waals surface area contributed by atoms with E-state index in [4.69, 9.17) is 0 Å². The Bertz CT molecular complexity index is 67.9. The van der Waals surface area contributed by atoms with Gasteiger partial charge in [-0.3, -0.25) is 10.6 Å². The van der Waals surface area contributed by atoms with Gasteiger partial charge in [-0.15, -0.1) is 0 Å². The standard InChI is InChI=1S/C7H16N2/c1-5-4-6(2)9-7(3)8-5/h5-9H,4H2,1-3H3/t5-,6-/m1/s1. The molecule has 1 rings (SSSR count). The third-order valence-electron chi connectivity index (χ3n) is 1.78. The molecule has 2 heteroatoms. The van der Waals surface area contributed by atoms with Crippen molar-refractivity contribution in [3.8, 4) is 0 Å². The number of nitrogens with one attached hydrogen (secondary N) is 2. The van der Waals surface area contributed by atoms with Gasteiger partial charge < -0.3 is 0 Å². The Kier molecular flexibility index (Phi) is 2.09. The molecule has 0 bridgehead atoms. The summed E-state index contributed by atoms with van der Waals surface area (Å²) in [7, 11) is 0. The molecule has 9 heavy (non-hydrogen) atoms. The Morgan fingerprint density at radius 3 is 1.78 bits per heavy atom. The highest BCUT2D eigenvalue weighted by Gasteiger charge is 2.17. The maximum atomic E-state index is 3.40. The Labute approximate surface area is 57.0 Å². The Morgan fingerprint density at radius 2 is 1.44 bits per heavy atom. The highest BCUT2D eigenvalue weighted by Crippen LogP contribution is 2.03. The summed E-state index contributed by atoms with van der Waals surface area (Å²) in [5, 5.41) is 6.80. The van der Waals surface area contributed by atoms with E-state index in [9.17, 15) is 0 Å². The largest absolute Gasteiger partial charge is 0.300 e. The fourth-order valence-corrected chi connectivity index (χ4v) is 1.57. The van der Waals surface area contributed by atoms with E-state index in [-0.39, 0.29) is 0 Å². The molecule has 2 nitrogen and oxygen atoms in total. The number of hydrogen-bond acceptors (Lipinski definition) is 2. The van der Waals surface area contributed by atoms with Crippen LogP contribution in [-0.2, 0) is 0 Å². The molecule has 1 saturated heterocycles. The molecule has 0 aromatic carbocycles. The predicted molar refractivity (Wildman–Crippen MR) is 39.3 cm³/mol. The smallest absolute Gasteiger partial charge is 0.0546 e. The Morgan fingerprint density at radius 1 is 1.00 bits per heavy atom. The molecule has 1 aliphatic heterocycles. The van der Waals surface area contributed by atoms with Gasteiger partial charge in [0.1, 0.15) is 0 Å². The van der Waals surface area contributed by atoms with Crippen LogP contribution in [0.4, 0.5) is 0 Å². The molecule has 1 fully saturated rings. The fraction of sp³-hybridized carbons (Fsp3) is 1.00. The van der Waals surface area contributed by atoms with E-state index in [2.05, 4.69) is 31.4 Å². The van der Waals surface area contributed by atoms with Crippen molar-refractivity contribution in [3.05, 3.63) is 0 Å². The highest BCUT2D eigenvalue weighted by atomic mass is 15.2. The summed E-state index contributed by atoms with van der Waals surface area (Å²) >= 11 is 0. The molecule has 0 aliphatic carbocycles. The van der Waals surface area contributed by atoms with Gasteiger partial charge in [-0.1, -0.05) is 0 Å². The summed E-state index contributed by atoms with van der Waals surface area (Å²) in [4.78, 5) is 0. The van der Waals surface area contributed by atoms with Crippen LogP contribution in [0.25, 0.3) is 0 Å². The van der Waals surface area contributed by atoms with E-state index in [1.54, 1.807) is 0 Å². The van der Waals surface area contributed by atoms with Crippen LogP contribution in [0.3, 0.4) is 0 Å². The quantitative estimate of drug-likeness (QED) is 0.501. The molecular formula is C7H16N2. The van der Waals surface area contributed by atoms with Crippen molar-refractivity contribution < 1.29 is 0 Å². The molecule has 0 aromatic rings. The summed E-state index contributed by atoms with van der Waals surface area (Å²) in [5.41, 5.74) is 0. The first-order valence-corrected chi connectivity index (χ1v) is 3.70. The molecule has 2 N–H and O–H groups in total. The van der Waals surface area contributed by atoms with Crippen LogP contribution in [-0.4, -0.2) is 18.2 Å². The molecule has 0 aromatic heterocycles. The Balaban J connectivity index is 2.34. The third-order valence-corrected chi connectivity index (χ3v) is 1.78. The lowest BCUT2D eigenvalue weighted by Crippen LogP contribution is -2.54. The maximum Gasteiger partial charge on any atom is 0.0546 e.